The largest absolute Gasteiger partial charge is 0.325 e. The van der Waals surface area contributed by atoms with Gasteiger partial charge in [0.2, 0.25) is 0 Å². The fourth-order valence-corrected chi connectivity index (χ4v) is 2.96. The smallest absolute Gasteiger partial charge is 0.311 e. The average molecular weight is 292 g/mol. The molecule has 0 saturated heterocycles. The summed E-state index contributed by atoms with van der Waals surface area (Å²) in [7, 11) is 0. The van der Waals surface area contributed by atoms with Gasteiger partial charge in [-0.05, 0) is 12.1 Å². The molecule has 0 bridgehead atoms. The van der Waals surface area contributed by atoms with Crippen LogP contribution in [0.4, 0.5) is 20.0 Å². The highest BCUT2D eigenvalue weighted by Crippen LogP contribution is 2.25. The second kappa shape index (κ2) is 5.56. The topological polar surface area (TPSA) is 66.0 Å². The third-order valence-electron chi connectivity index (χ3n) is 2.94. The maximum atomic E-state index is 13.4. The number of para-hydroxylation sites is 1. The van der Waals surface area contributed by atoms with Gasteiger partial charge in [0, 0.05) is 24.4 Å². The summed E-state index contributed by atoms with van der Waals surface area (Å²) in [5, 5.41) is 8.88. The minimum Gasteiger partial charge on any atom is -0.311 e. The molecule has 0 atom stereocenters. The van der Waals surface area contributed by atoms with Gasteiger partial charge in [0.1, 0.15) is 5.82 Å². The van der Waals surface area contributed by atoms with E-state index in [0.29, 0.717) is 5.13 Å². The van der Waals surface area contributed by atoms with Crippen molar-refractivity contribution in [3.8, 4) is 0 Å². The van der Waals surface area contributed by atoms with Gasteiger partial charge < -0.3 is 10.6 Å². The number of rotatable bonds is 2. The first kappa shape index (κ1) is 13.0. The van der Waals surface area contributed by atoms with Gasteiger partial charge in [-0.15, -0.1) is 11.3 Å². The third kappa shape index (κ3) is 2.78. The molecule has 7 heteroatoms. The second-order valence-corrected chi connectivity index (χ2v) is 5.46. The van der Waals surface area contributed by atoms with Gasteiger partial charge in [0.25, 0.3) is 0 Å². The van der Waals surface area contributed by atoms with E-state index in [-0.39, 0.29) is 5.69 Å². The number of anilines is 2. The fourth-order valence-electron chi connectivity index (χ4n) is 1.99. The van der Waals surface area contributed by atoms with Crippen molar-refractivity contribution >= 4 is 28.2 Å². The lowest BCUT2D eigenvalue weighted by atomic mass is 10.2. The average Bonchev–Trinajstić information content (AvgIpc) is 2.83. The van der Waals surface area contributed by atoms with E-state index in [2.05, 4.69) is 20.9 Å². The van der Waals surface area contributed by atoms with E-state index in [1.54, 1.807) is 12.1 Å². The van der Waals surface area contributed by atoms with E-state index in [9.17, 15) is 9.18 Å². The summed E-state index contributed by atoms with van der Waals surface area (Å²) in [6.07, 6.45) is 0.864. The summed E-state index contributed by atoms with van der Waals surface area (Å²) >= 11 is 1.44. The molecule has 3 rings (SSSR count). The first-order valence-corrected chi connectivity index (χ1v) is 7.06. The summed E-state index contributed by atoms with van der Waals surface area (Å²) in [5.41, 5.74) is 1.17. The lowest BCUT2D eigenvalue weighted by Gasteiger charge is -2.09. The summed E-state index contributed by atoms with van der Waals surface area (Å²) in [6, 6.07) is 5.54. The highest BCUT2D eigenvalue weighted by Gasteiger charge is 2.16. The Morgan fingerprint density at radius 1 is 1.35 bits per heavy atom. The normalized spacial score (nSPS) is 13.7. The number of fused-ring (bicyclic) bond motifs is 1. The number of carbonyl (C=O) groups is 1. The van der Waals surface area contributed by atoms with Crippen LogP contribution in [-0.4, -0.2) is 17.6 Å². The lowest BCUT2D eigenvalue weighted by Crippen LogP contribution is -2.22. The molecule has 1 aromatic carbocycles. The van der Waals surface area contributed by atoms with Crippen LogP contribution in [0.2, 0.25) is 0 Å². The Hall–Kier alpha value is -1.99. The van der Waals surface area contributed by atoms with Crippen molar-refractivity contribution in [2.75, 3.05) is 17.2 Å². The Labute approximate surface area is 119 Å². The van der Waals surface area contributed by atoms with Crippen LogP contribution in [0.1, 0.15) is 10.6 Å². The third-order valence-corrected chi connectivity index (χ3v) is 3.96. The minimum absolute atomic E-state index is 0.146. The van der Waals surface area contributed by atoms with E-state index in [4.69, 9.17) is 0 Å². The van der Waals surface area contributed by atoms with Crippen LogP contribution < -0.4 is 16.0 Å². The Morgan fingerprint density at radius 3 is 3.00 bits per heavy atom. The predicted octanol–water partition coefficient (Wildman–Crippen LogP) is 2.57. The van der Waals surface area contributed by atoms with Crippen LogP contribution in [0.15, 0.2) is 24.3 Å². The number of benzene rings is 1. The number of aromatic nitrogens is 1. The zero-order chi connectivity index (χ0) is 13.9. The standard InChI is InChI=1S/C13H13FN4OS/c14-8-3-1-2-4-9(8)16-12(19)18-13-17-10-5-6-15-7-11(10)20-13/h1-4,15H,5-7H2,(H2,16,17,18,19). The Bertz CT molecular complexity index is 620. The highest BCUT2D eigenvalue weighted by molar-refractivity contribution is 7.15. The molecule has 0 spiro atoms. The zero-order valence-electron chi connectivity index (χ0n) is 10.6. The molecule has 1 aromatic heterocycles. The lowest BCUT2D eigenvalue weighted by molar-refractivity contribution is 0.262. The SMILES string of the molecule is O=C(Nc1nc2c(s1)CNCC2)Nc1ccccc1F. The Balaban J connectivity index is 1.67. The van der Waals surface area contributed by atoms with Crippen molar-refractivity contribution in [3.63, 3.8) is 0 Å². The van der Waals surface area contributed by atoms with Crippen molar-refractivity contribution in [2.45, 2.75) is 13.0 Å². The molecule has 0 aliphatic carbocycles. The first-order valence-electron chi connectivity index (χ1n) is 6.24. The van der Waals surface area contributed by atoms with Crippen LogP contribution >= 0.6 is 11.3 Å². The van der Waals surface area contributed by atoms with E-state index in [1.165, 1.54) is 23.5 Å². The van der Waals surface area contributed by atoms with Gasteiger partial charge in [-0.3, -0.25) is 5.32 Å². The van der Waals surface area contributed by atoms with Gasteiger partial charge in [-0.2, -0.15) is 0 Å². The molecule has 20 heavy (non-hydrogen) atoms. The van der Waals surface area contributed by atoms with Gasteiger partial charge in [0.15, 0.2) is 5.13 Å². The van der Waals surface area contributed by atoms with Crippen LogP contribution in [-0.2, 0) is 13.0 Å². The number of urea groups is 1. The molecule has 2 aromatic rings. The summed E-state index contributed by atoms with van der Waals surface area (Å²) in [4.78, 5) is 17.3. The van der Waals surface area contributed by atoms with Gasteiger partial charge in [-0.25, -0.2) is 14.2 Å². The monoisotopic (exact) mass is 292 g/mol. The van der Waals surface area contributed by atoms with Crippen LogP contribution in [0.25, 0.3) is 0 Å². The zero-order valence-corrected chi connectivity index (χ0v) is 11.4. The summed E-state index contributed by atoms with van der Waals surface area (Å²) in [5.74, 6) is -0.467. The van der Waals surface area contributed by atoms with Crippen LogP contribution in [0, 0.1) is 5.82 Å². The maximum absolute atomic E-state index is 13.4. The molecule has 5 nitrogen and oxygen atoms in total. The highest BCUT2D eigenvalue weighted by atomic mass is 32.1. The summed E-state index contributed by atoms with van der Waals surface area (Å²) in [6.45, 7) is 1.68. The molecule has 104 valence electrons. The van der Waals surface area contributed by atoms with E-state index >= 15 is 0 Å². The molecule has 0 unspecified atom stereocenters. The number of hydrogen-bond acceptors (Lipinski definition) is 4. The van der Waals surface area contributed by atoms with Crippen molar-refractivity contribution < 1.29 is 9.18 Å². The molecule has 2 heterocycles. The molecule has 0 saturated carbocycles. The van der Waals surface area contributed by atoms with Crippen molar-refractivity contribution in [1.82, 2.24) is 10.3 Å². The van der Waals surface area contributed by atoms with Gasteiger partial charge in [-0.1, -0.05) is 12.1 Å². The number of thiazole rings is 1. The van der Waals surface area contributed by atoms with Crippen molar-refractivity contribution in [3.05, 3.63) is 40.7 Å². The fraction of sp³-hybridized carbons (Fsp3) is 0.231. The predicted molar refractivity (Wildman–Crippen MR) is 76.6 cm³/mol. The molecule has 0 fully saturated rings. The number of nitrogens with zero attached hydrogens (tertiary/aromatic N) is 1. The van der Waals surface area contributed by atoms with Gasteiger partial charge >= 0.3 is 6.03 Å². The number of hydrogen-bond donors (Lipinski definition) is 3. The first-order chi connectivity index (χ1) is 9.72. The molecule has 3 N–H and O–H groups in total. The van der Waals surface area contributed by atoms with Crippen LogP contribution in [0.5, 0.6) is 0 Å². The second-order valence-electron chi connectivity index (χ2n) is 4.37. The van der Waals surface area contributed by atoms with E-state index in [0.717, 1.165) is 30.1 Å². The molecule has 0 radical (unpaired) electrons. The number of nitrogens with one attached hydrogen (secondary N) is 3. The van der Waals surface area contributed by atoms with Crippen molar-refractivity contribution in [1.29, 1.82) is 0 Å². The maximum Gasteiger partial charge on any atom is 0.325 e. The van der Waals surface area contributed by atoms with Gasteiger partial charge in [0.05, 0.1) is 11.4 Å². The number of halogens is 1. The molecule has 2 amide bonds. The Morgan fingerprint density at radius 2 is 2.20 bits per heavy atom. The number of carbonyl (C=O) groups excluding carboxylic acids is 1. The molecule has 1 aliphatic heterocycles. The summed E-state index contributed by atoms with van der Waals surface area (Å²) < 4.78 is 13.4. The Kier molecular flexibility index (Phi) is 3.62. The molecule has 1 aliphatic rings. The number of amides is 2. The molecular weight excluding hydrogens is 279 g/mol. The minimum atomic E-state index is -0.492. The van der Waals surface area contributed by atoms with E-state index < -0.39 is 11.8 Å². The van der Waals surface area contributed by atoms with E-state index in [1.807, 2.05) is 0 Å². The molecular formula is C13H13FN4OS. The van der Waals surface area contributed by atoms with Crippen molar-refractivity contribution in [2.24, 2.45) is 0 Å². The quantitative estimate of drug-likeness (QED) is 0.797. The van der Waals surface area contributed by atoms with Crippen LogP contribution in [0.3, 0.4) is 0 Å².